The minimum absolute atomic E-state index is 0.102. The molecule has 0 aliphatic heterocycles. The Labute approximate surface area is 94.6 Å². The monoisotopic (exact) mass is 226 g/mol. The molecule has 6 N–H and O–H groups in total. The van der Waals surface area contributed by atoms with Crippen LogP contribution in [0.3, 0.4) is 0 Å². The molecule has 16 heavy (non-hydrogen) atoms. The SMILES string of the molecule is NC(O)[C@H](N)CC(O)OCc1ccccc1. The van der Waals surface area contributed by atoms with E-state index in [9.17, 15) is 5.11 Å². The number of ether oxygens (including phenoxy) is 1. The lowest BCUT2D eigenvalue weighted by Gasteiger charge is -2.18. The molecule has 90 valence electrons. The van der Waals surface area contributed by atoms with E-state index in [0.29, 0.717) is 6.61 Å². The summed E-state index contributed by atoms with van der Waals surface area (Å²) in [6, 6.07) is 8.78. The zero-order valence-electron chi connectivity index (χ0n) is 8.99. The Morgan fingerprint density at radius 1 is 1.12 bits per heavy atom. The lowest BCUT2D eigenvalue weighted by atomic mass is 10.2. The minimum atomic E-state index is -1.14. The Kier molecular flexibility index (Phi) is 5.37. The van der Waals surface area contributed by atoms with Crippen LogP contribution in [-0.4, -0.2) is 28.8 Å². The van der Waals surface area contributed by atoms with E-state index in [4.69, 9.17) is 21.3 Å². The molecule has 0 saturated carbocycles. The molecule has 0 spiro atoms. The van der Waals surface area contributed by atoms with Crippen molar-refractivity contribution in [1.82, 2.24) is 0 Å². The van der Waals surface area contributed by atoms with Gasteiger partial charge >= 0.3 is 0 Å². The molecule has 0 heterocycles. The average molecular weight is 226 g/mol. The summed E-state index contributed by atoms with van der Waals surface area (Å²) in [5.74, 6) is 0. The Morgan fingerprint density at radius 3 is 2.31 bits per heavy atom. The van der Waals surface area contributed by atoms with Gasteiger partial charge in [-0.15, -0.1) is 0 Å². The van der Waals surface area contributed by atoms with E-state index in [0.717, 1.165) is 5.56 Å². The number of hydrogen-bond acceptors (Lipinski definition) is 5. The summed E-state index contributed by atoms with van der Waals surface area (Å²) >= 11 is 0. The van der Waals surface area contributed by atoms with Gasteiger partial charge < -0.3 is 26.4 Å². The molecule has 1 rings (SSSR count). The van der Waals surface area contributed by atoms with Gasteiger partial charge in [-0.1, -0.05) is 30.3 Å². The molecule has 0 radical (unpaired) electrons. The zero-order chi connectivity index (χ0) is 12.0. The van der Waals surface area contributed by atoms with E-state index in [2.05, 4.69) is 0 Å². The van der Waals surface area contributed by atoms with Crippen LogP contribution < -0.4 is 11.5 Å². The highest BCUT2D eigenvalue weighted by Gasteiger charge is 2.15. The zero-order valence-corrected chi connectivity index (χ0v) is 8.99. The van der Waals surface area contributed by atoms with Crippen molar-refractivity contribution in [3.05, 3.63) is 35.9 Å². The lowest BCUT2D eigenvalue weighted by molar-refractivity contribution is -0.119. The van der Waals surface area contributed by atoms with E-state index >= 15 is 0 Å². The van der Waals surface area contributed by atoms with Gasteiger partial charge in [0, 0.05) is 12.5 Å². The van der Waals surface area contributed by atoms with Crippen LogP contribution in [0.5, 0.6) is 0 Å². The van der Waals surface area contributed by atoms with Gasteiger partial charge in [-0.3, -0.25) is 0 Å². The van der Waals surface area contributed by atoms with Crippen molar-refractivity contribution in [2.24, 2.45) is 11.5 Å². The van der Waals surface area contributed by atoms with E-state index in [1.165, 1.54) is 0 Å². The number of rotatable bonds is 6. The van der Waals surface area contributed by atoms with Gasteiger partial charge in [-0.2, -0.15) is 0 Å². The van der Waals surface area contributed by atoms with Gasteiger partial charge in [0.2, 0.25) is 0 Å². The molecule has 0 saturated heterocycles. The van der Waals surface area contributed by atoms with Crippen molar-refractivity contribution in [2.45, 2.75) is 31.6 Å². The van der Waals surface area contributed by atoms with Gasteiger partial charge in [-0.05, 0) is 5.56 Å². The molecule has 5 nitrogen and oxygen atoms in total. The first-order chi connectivity index (χ1) is 7.59. The number of aliphatic hydroxyl groups excluding tert-OH is 2. The fraction of sp³-hybridized carbons (Fsp3) is 0.455. The second kappa shape index (κ2) is 6.57. The Hall–Kier alpha value is -0.980. The molecule has 0 aliphatic carbocycles. The standard InChI is InChI=1S/C11H18N2O3/c12-9(11(13)15)6-10(14)16-7-8-4-2-1-3-5-8/h1-5,9-11,14-15H,6-7,12-13H2/t9-,10?,11?/m1/s1. The maximum Gasteiger partial charge on any atom is 0.156 e. The first-order valence-electron chi connectivity index (χ1n) is 5.12. The number of hydrogen-bond donors (Lipinski definition) is 4. The second-order valence-corrected chi connectivity index (χ2v) is 3.64. The number of aliphatic hydroxyl groups is 2. The number of nitrogens with two attached hydrogens (primary N) is 2. The molecule has 1 aromatic rings. The number of benzene rings is 1. The topological polar surface area (TPSA) is 102 Å². The summed E-state index contributed by atoms with van der Waals surface area (Å²) in [6.45, 7) is 0.301. The quantitative estimate of drug-likeness (QED) is 0.491. The van der Waals surface area contributed by atoms with Crippen LogP contribution in [0.25, 0.3) is 0 Å². The van der Waals surface area contributed by atoms with Crippen LogP contribution >= 0.6 is 0 Å². The van der Waals surface area contributed by atoms with Crippen LogP contribution in [0.1, 0.15) is 12.0 Å². The van der Waals surface area contributed by atoms with Crippen molar-refractivity contribution in [3.63, 3.8) is 0 Å². The molecule has 0 bridgehead atoms. The van der Waals surface area contributed by atoms with E-state index in [1.807, 2.05) is 30.3 Å². The van der Waals surface area contributed by atoms with E-state index in [1.54, 1.807) is 0 Å². The maximum absolute atomic E-state index is 9.46. The smallest absolute Gasteiger partial charge is 0.156 e. The lowest BCUT2D eigenvalue weighted by Crippen LogP contribution is -2.43. The Morgan fingerprint density at radius 2 is 1.75 bits per heavy atom. The molecule has 0 amide bonds. The normalized spacial score (nSPS) is 16.8. The predicted octanol–water partition coefficient (Wildman–Crippen LogP) is -0.484. The van der Waals surface area contributed by atoms with Gasteiger partial charge in [-0.25, -0.2) is 0 Å². The van der Waals surface area contributed by atoms with Gasteiger partial charge in [0.15, 0.2) is 6.29 Å². The van der Waals surface area contributed by atoms with Crippen molar-refractivity contribution in [3.8, 4) is 0 Å². The van der Waals surface area contributed by atoms with Crippen LogP contribution in [-0.2, 0) is 11.3 Å². The third-order valence-electron chi connectivity index (χ3n) is 2.20. The summed E-state index contributed by atoms with van der Waals surface area (Å²) < 4.78 is 5.16. The average Bonchev–Trinajstić information content (AvgIpc) is 2.27. The van der Waals surface area contributed by atoms with Crippen molar-refractivity contribution in [1.29, 1.82) is 0 Å². The van der Waals surface area contributed by atoms with Crippen molar-refractivity contribution >= 4 is 0 Å². The van der Waals surface area contributed by atoms with Crippen LogP contribution in [0, 0.1) is 0 Å². The molecule has 5 heteroatoms. The highest BCUT2D eigenvalue weighted by molar-refractivity contribution is 5.13. The summed E-state index contributed by atoms with van der Waals surface area (Å²) in [5.41, 5.74) is 11.6. The molecule has 3 atom stereocenters. The summed E-state index contributed by atoms with van der Waals surface area (Å²) in [6.07, 6.45) is -2.06. The van der Waals surface area contributed by atoms with E-state index < -0.39 is 18.6 Å². The molecule has 0 aromatic heterocycles. The molecular formula is C11H18N2O3. The predicted molar refractivity (Wildman–Crippen MR) is 60.0 cm³/mol. The Balaban J connectivity index is 2.28. The highest BCUT2D eigenvalue weighted by Crippen LogP contribution is 2.05. The van der Waals surface area contributed by atoms with Crippen molar-refractivity contribution in [2.75, 3.05) is 0 Å². The van der Waals surface area contributed by atoms with Crippen molar-refractivity contribution < 1.29 is 14.9 Å². The molecule has 2 unspecified atom stereocenters. The van der Waals surface area contributed by atoms with Crippen LogP contribution in [0.15, 0.2) is 30.3 Å². The summed E-state index contributed by atoms with van der Waals surface area (Å²) in [7, 11) is 0. The molecule has 1 aromatic carbocycles. The third kappa shape index (κ3) is 4.69. The third-order valence-corrected chi connectivity index (χ3v) is 2.20. The van der Waals surface area contributed by atoms with Gasteiger partial charge in [0.1, 0.15) is 6.23 Å². The Bertz CT molecular complexity index is 293. The second-order valence-electron chi connectivity index (χ2n) is 3.64. The first-order valence-corrected chi connectivity index (χ1v) is 5.12. The fourth-order valence-electron chi connectivity index (χ4n) is 1.21. The summed E-state index contributed by atoms with van der Waals surface area (Å²) in [4.78, 5) is 0. The fourth-order valence-corrected chi connectivity index (χ4v) is 1.21. The molecular weight excluding hydrogens is 208 g/mol. The van der Waals surface area contributed by atoms with Gasteiger partial charge in [0.25, 0.3) is 0 Å². The largest absolute Gasteiger partial charge is 0.377 e. The van der Waals surface area contributed by atoms with Crippen LogP contribution in [0.4, 0.5) is 0 Å². The maximum atomic E-state index is 9.46. The highest BCUT2D eigenvalue weighted by atomic mass is 16.6. The van der Waals surface area contributed by atoms with Gasteiger partial charge in [0.05, 0.1) is 6.61 Å². The molecule has 0 aliphatic rings. The van der Waals surface area contributed by atoms with Crippen LogP contribution in [0.2, 0.25) is 0 Å². The molecule has 0 fully saturated rings. The first kappa shape index (κ1) is 13.1. The minimum Gasteiger partial charge on any atom is -0.377 e. The summed E-state index contributed by atoms with van der Waals surface area (Å²) in [5, 5.41) is 18.4. The van der Waals surface area contributed by atoms with E-state index in [-0.39, 0.29) is 6.42 Å².